The van der Waals surface area contributed by atoms with Crippen LogP contribution in [0.5, 0.6) is 0 Å². The number of amides is 2. The summed E-state index contributed by atoms with van der Waals surface area (Å²) < 4.78 is 0. The van der Waals surface area contributed by atoms with E-state index < -0.39 is 0 Å². The Hall–Kier alpha value is -1.76. The van der Waals surface area contributed by atoms with E-state index in [0.29, 0.717) is 39.2 Å². The highest BCUT2D eigenvalue weighted by molar-refractivity contribution is 8.14. The Bertz CT molecular complexity index is 800. The molecule has 1 aliphatic heterocycles. The standard InChI is InChI=1S/C17H16Cl2N4OS/c1-11-8-21-17(25-11)23(10-12-3-2-6-20-9-12)16(24)22-13-4-5-14(18)15(19)7-13/h2-7,9,11H,8,10H2,1H3,(H,22,24)/t11-/m0/s1. The van der Waals surface area contributed by atoms with E-state index in [1.54, 1.807) is 47.3 Å². The van der Waals surface area contributed by atoms with Gasteiger partial charge in [-0.1, -0.05) is 48.0 Å². The number of anilines is 1. The number of aliphatic imine (C=N–C) groups is 1. The summed E-state index contributed by atoms with van der Waals surface area (Å²) in [5.41, 5.74) is 1.50. The SMILES string of the molecule is C[C@H]1CN=C(N(Cc2cccnc2)C(=O)Nc2ccc(Cl)c(Cl)c2)S1. The molecule has 1 atom stereocenters. The van der Waals surface area contributed by atoms with Gasteiger partial charge in [0.15, 0.2) is 5.17 Å². The number of hydrogen-bond acceptors (Lipinski definition) is 4. The number of benzene rings is 1. The molecule has 0 fully saturated rings. The fourth-order valence-electron chi connectivity index (χ4n) is 2.28. The average Bonchev–Trinajstić information content (AvgIpc) is 3.03. The number of pyridine rings is 1. The Labute approximate surface area is 160 Å². The Balaban J connectivity index is 1.80. The lowest BCUT2D eigenvalue weighted by Crippen LogP contribution is -2.37. The summed E-state index contributed by atoms with van der Waals surface area (Å²) in [5, 5.41) is 4.73. The van der Waals surface area contributed by atoms with Gasteiger partial charge in [0.05, 0.1) is 23.1 Å². The Morgan fingerprint density at radius 3 is 2.84 bits per heavy atom. The third-order valence-electron chi connectivity index (χ3n) is 3.50. The van der Waals surface area contributed by atoms with Crippen LogP contribution in [-0.2, 0) is 6.54 Å². The van der Waals surface area contributed by atoms with Crippen molar-refractivity contribution in [2.75, 3.05) is 11.9 Å². The number of nitrogens with one attached hydrogen (secondary N) is 1. The van der Waals surface area contributed by atoms with Gasteiger partial charge in [0.25, 0.3) is 0 Å². The molecule has 0 saturated heterocycles. The summed E-state index contributed by atoms with van der Waals surface area (Å²) in [4.78, 5) is 23.0. The van der Waals surface area contributed by atoms with Gasteiger partial charge in [-0.05, 0) is 29.8 Å². The van der Waals surface area contributed by atoms with Crippen molar-refractivity contribution < 1.29 is 4.79 Å². The molecule has 25 heavy (non-hydrogen) atoms. The van der Waals surface area contributed by atoms with Crippen molar-refractivity contribution in [2.45, 2.75) is 18.7 Å². The molecule has 1 aromatic heterocycles. The smallest absolute Gasteiger partial charge is 0.307 e. The fourth-order valence-corrected chi connectivity index (χ4v) is 3.51. The molecule has 130 valence electrons. The average molecular weight is 395 g/mol. The van der Waals surface area contributed by atoms with Crippen molar-refractivity contribution in [1.29, 1.82) is 0 Å². The van der Waals surface area contributed by atoms with Crippen LogP contribution in [0.15, 0.2) is 47.7 Å². The van der Waals surface area contributed by atoms with Gasteiger partial charge >= 0.3 is 6.03 Å². The Morgan fingerprint density at radius 2 is 2.20 bits per heavy atom. The van der Waals surface area contributed by atoms with E-state index >= 15 is 0 Å². The maximum absolute atomic E-state index is 12.8. The van der Waals surface area contributed by atoms with Gasteiger partial charge < -0.3 is 5.32 Å². The van der Waals surface area contributed by atoms with Crippen LogP contribution >= 0.6 is 35.0 Å². The number of hydrogen-bond donors (Lipinski definition) is 1. The zero-order chi connectivity index (χ0) is 17.8. The van der Waals surface area contributed by atoms with E-state index in [1.807, 2.05) is 12.1 Å². The predicted molar refractivity (Wildman–Crippen MR) is 105 cm³/mol. The van der Waals surface area contributed by atoms with Crippen LogP contribution in [0.2, 0.25) is 10.0 Å². The molecule has 0 unspecified atom stereocenters. The molecule has 8 heteroatoms. The Kier molecular flexibility index (Phi) is 5.83. The molecule has 0 spiro atoms. The lowest BCUT2D eigenvalue weighted by molar-refractivity contribution is 0.233. The highest BCUT2D eigenvalue weighted by Gasteiger charge is 2.26. The lowest BCUT2D eigenvalue weighted by atomic mass is 10.3. The second kappa shape index (κ2) is 8.08. The van der Waals surface area contributed by atoms with Crippen molar-refractivity contribution in [3.8, 4) is 0 Å². The molecule has 0 radical (unpaired) electrons. The monoisotopic (exact) mass is 394 g/mol. The normalized spacial score (nSPS) is 16.4. The van der Waals surface area contributed by atoms with Crippen molar-refractivity contribution in [2.24, 2.45) is 4.99 Å². The van der Waals surface area contributed by atoms with Gasteiger partial charge in [0, 0.05) is 23.3 Å². The van der Waals surface area contributed by atoms with Gasteiger partial charge in [0.1, 0.15) is 0 Å². The number of nitrogens with zero attached hydrogens (tertiary/aromatic N) is 3. The molecule has 1 N–H and O–H groups in total. The highest BCUT2D eigenvalue weighted by Crippen LogP contribution is 2.27. The number of rotatable bonds is 3. The minimum atomic E-state index is -0.275. The number of carbonyl (C=O) groups excluding carboxylic acids is 1. The molecular weight excluding hydrogens is 379 g/mol. The third-order valence-corrected chi connectivity index (χ3v) is 5.35. The van der Waals surface area contributed by atoms with Crippen LogP contribution in [-0.4, -0.2) is 32.9 Å². The summed E-state index contributed by atoms with van der Waals surface area (Å²) >= 11 is 13.5. The second-order valence-corrected chi connectivity index (χ2v) is 7.78. The van der Waals surface area contributed by atoms with Gasteiger partial charge in [-0.2, -0.15) is 0 Å². The first-order valence-electron chi connectivity index (χ1n) is 7.66. The molecule has 0 aliphatic carbocycles. The number of urea groups is 1. The highest BCUT2D eigenvalue weighted by atomic mass is 35.5. The van der Waals surface area contributed by atoms with Gasteiger partial charge in [-0.25, -0.2) is 4.79 Å². The number of thioether (sulfide) groups is 1. The summed E-state index contributed by atoms with van der Waals surface area (Å²) in [6.07, 6.45) is 3.44. The van der Waals surface area contributed by atoms with E-state index in [9.17, 15) is 4.79 Å². The van der Waals surface area contributed by atoms with Gasteiger partial charge in [-0.3, -0.25) is 14.9 Å². The zero-order valence-electron chi connectivity index (χ0n) is 13.4. The van der Waals surface area contributed by atoms with Crippen LogP contribution in [0, 0.1) is 0 Å². The van der Waals surface area contributed by atoms with Crippen LogP contribution < -0.4 is 5.32 Å². The first-order valence-corrected chi connectivity index (χ1v) is 9.30. The topological polar surface area (TPSA) is 57.6 Å². The van der Waals surface area contributed by atoms with E-state index in [0.717, 1.165) is 5.56 Å². The maximum atomic E-state index is 12.8. The quantitative estimate of drug-likeness (QED) is 0.803. The van der Waals surface area contributed by atoms with Crippen molar-refractivity contribution >= 4 is 51.8 Å². The van der Waals surface area contributed by atoms with Crippen LogP contribution in [0.3, 0.4) is 0 Å². The summed E-state index contributed by atoms with van der Waals surface area (Å²) in [6.45, 7) is 3.17. The molecule has 2 amide bonds. The minimum absolute atomic E-state index is 0.275. The molecule has 1 aromatic carbocycles. The van der Waals surface area contributed by atoms with E-state index in [2.05, 4.69) is 22.2 Å². The van der Waals surface area contributed by atoms with Crippen molar-refractivity contribution in [3.05, 3.63) is 58.3 Å². The molecular formula is C17H16Cl2N4OS. The van der Waals surface area contributed by atoms with E-state index in [-0.39, 0.29) is 6.03 Å². The van der Waals surface area contributed by atoms with E-state index in [1.165, 1.54) is 0 Å². The lowest BCUT2D eigenvalue weighted by Gasteiger charge is -2.23. The first kappa shape index (κ1) is 18.0. The molecule has 1 aliphatic rings. The minimum Gasteiger partial charge on any atom is -0.307 e. The number of amidine groups is 1. The molecule has 3 rings (SSSR count). The van der Waals surface area contributed by atoms with Crippen molar-refractivity contribution in [1.82, 2.24) is 9.88 Å². The zero-order valence-corrected chi connectivity index (χ0v) is 15.8. The number of aromatic nitrogens is 1. The molecule has 0 saturated carbocycles. The molecule has 5 nitrogen and oxygen atoms in total. The van der Waals surface area contributed by atoms with Crippen LogP contribution in [0.4, 0.5) is 10.5 Å². The Morgan fingerprint density at radius 1 is 1.36 bits per heavy atom. The summed E-state index contributed by atoms with van der Waals surface area (Å²) in [7, 11) is 0. The third kappa shape index (κ3) is 4.66. The number of halogens is 2. The summed E-state index contributed by atoms with van der Waals surface area (Å²) in [5.74, 6) is 0. The molecule has 2 aromatic rings. The molecule has 2 heterocycles. The second-order valence-electron chi connectivity index (χ2n) is 5.56. The van der Waals surface area contributed by atoms with Gasteiger partial charge in [-0.15, -0.1) is 0 Å². The van der Waals surface area contributed by atoms with Gasteiger partial charge in [0.2, 0.25) is 0 Å². The van der Waals surface area contributed by atoms with Crippen LogP contribution in [0.25, 0.3) is 0 Å². The van der Waals surface area contributed by atoms with Crippen molar-refractivity contribution in [3.63, 3.8) is 0 Å². The fraction of sp³-hybridized carbons (Fsp3) is 0.235. The summed E-state index contributed by atoms with van der Waals surface area (Å²) in [6, 6.07) is 8.47. The van der Waals surface area contributed by atoms with E-state index in [4.69, 9.17) is 23.2 Å². The number of carbonyl (C=O) groups is 1. The van der Waals surface area contributed by atoms with Crippen LogP contribution in [0.1, 0.15) is 12.5 Å². The molecule has 0 bridgehead atoms. The predicted octanol–water partition coefficient (Wildman–Crippen LogP) is 4.91. The largest absolute Gasteiger partial charge is 0.328 e. The first-order chi connectivity index (χ1) is 12.0. The maximum Gasteiger partial charge on any atom is 0.328 e.